The number of hydrazine groups is 1. The molecule has 0 spiro atoms. The Labute approximate surface area is 456 Å². The SMILES string of the molecule is CO[C@@H](C)c1ncc(C2CCN(C3CC3)CC2)cc1-c1c2c3cc(ccc3n1CCOC1CCOCC1)-c1csc(n1)[C@@H](N1CCOCC1)[C@H](NC(=O)C13CC(C1)[C@H](C)O3)C(=O)N1N[C@H](C(=O)OCC(C)(C)C2)C2CC1C2. The van der Waals surface area contributed by atoms with Gasteiger partial charge in [-0.05, 0) is 145 Å². The average molecular weight is 1080 g/mol. The molecule has 77 heavy (non-hydrogen) atoms. The topological polar surface area (TPSA) is 171 Å². The first-order chi connectivity index (χ1) is 37.3. The second-order valence-electron chi connectivity index (χ2n) is 24.8. The second kappa shape index (κ2) is 20.9. The van der Waals surface area contributed by atoms with Gasteiger partial charge in [-0.3, -0.25) is 29.3 Å². The van der Waals surface area contributed by atoms with E-state index in [9.17, 15) is 9.59 Å². The van der Waals surface area contributed by atoms with Crippen LogP contribution in [0.25, 0.3) is 33.4 Å². The van der Waals surface area contributed by atoms with Gasteiger partial charge in [-0.25, -0.2) is 10.4 Å². The average Bonchev–Trinajstić information content (AvgIpc) is 4.05. The second-order valence-corrected chi connectivity index (χ2v) is 25.7. The molecule has 17 nitrogen and oxygen atoms in total. The molecule has 3 saturated carbocycles. The summed E-state index contributed by atoms with van der Waals surface area (Å²) in [7, 11) is 1.76. The lowest BCUT2D eigenvalue weighted by atomic mass is 9.72. The predicted octanol–water partition coefficient (Wildman–Crippen LogP) is 7.12. The third kappa shape index (κ3) is 9.86. The summed E-state index contributed by atoms with van der Waals surface area (Å²) in [5.74, 6) is -0.216. The van der Waals surface area contributed by atoms with E-state index in [1.54, 1.807) is 12.1 Å². The van der Waals surface area contributed by atoms with E-state index in [4.69, 9.17) is 38.4 Å². The number of rotatable bonds is 12. The highest BCUT2D eigenvalue weighted by Gasteiger charge is 2.62. The summed E-state index contributed by atoms with van der Waals surface area (Å²) in [5.41, 5.74) is 10.1. The van der Waals surface area contributed by atoms with Gasteiger partial charge in [0.25, 0.3) is 11.8 Å². The van der Waals surface area contributed by atoms with Crippen LogP contribution in [0.2, 0.25) is 0 Å². The van der Waals surface area contributed by atoms with Gasteiger partial charge >= 0.3 is 5.97 Å². The normalized spacial score (nSPS) is 31.6. The van der Waals surface area contributed by atoms with Crippen LogP contribution in [0.4, 0.5) is 0 Å². The monoisotopic (exact) mass is 1070 g/mol. The fourth-order valence-electron chi connectivity index (χ4n) is 14.2. The molecule has 4 aromatic rings. The lowest BCUT2D eigenvalue weighted by Crippen LogP contribution is -2.72. The summed E-state index contributed by atoms with van der Waals surface area (Å²) >= 11 is 1.51. The highest BCUT2D eigenvalue weighted by molar-refractivity contribution is 7.10. The van der Waals surface area contributed by atoms with Gasteiger partial charge < -0.3 is 43.2 Å². The number of hydrogen-bond acceptors (Lipinski definition) is 15. The number of thiazole rings is 1. The zero-order chi connectivity index (χ0) is 52.7. The standard InChI is InChI=1S/C59H78N8O9S/c1-34-40-28-59(29-40,76-34)57(70)62-51-53(65-16-21-73-22-17-65)54-61-47(32-77-54)37-6-9-48-44(26-37)46(30-58(3,4)33-75-56(69)50-38-24-42(25-38)67(63-50)55(51)68)52(66(48)18-23-74-43-12-19-72-20-13-43)45-27-39(31-60-49(45)35(2)71-5)36-10-14-64(15-11-36)41-7-8-41/h6,9,26-27,31-32,34-36,38,40-43,50-51,53,63H,7-8,10-25,28-30,33H2,1-5H3,(H,62,70)/t34-,35-,38?,40?,42?,50-,51-,53-,59?/m0/s1. The number of carbonyl (C=O) groups is 3. The van der Waals surface area contributed by atoms with Crippen molar-refractivity contribution < 1.29 is 42.8 Å². The lowest BCUT2D eigenvalue weighted by molar-refractivity contribution is -0.173. The van der Waals surface area contributed by atoms with Crippen LogP contribution in [0, 0.1) is 17.3 Å². The van der Waals surface area contributed by atoms with E-state index < -0.39 is 29.1 Å². The summed E-state index contributed by atoms with van der Waals surface area (Å²) in [6.07, 6.45) is 11.6. The fraction of sp³-hybridized carbons (Fsp3) is 0.678. The molecule has 3 aromatic heterocycles. The van der Waals surface area contributed by atoms with E-state index >= 15 is 4.79 Å². The first-order valence-electron chi connectivity index (χ1n) is 29.0. The molecule has 10 bridgehead atoms. The van der Waals surface area contributed by atoms with Gasteiger partial charge in [0.1, 0.15) is 22.7 Å². The number of fused-ring (bicyclic) bond motifs is 5. The number of hydrogen-bond donors (Lipinski definition) is 2. The van der Waals surface area contributed by atoms with Crippen LogP contribution < -0.4 is 10.7 Å². The van der Waals surface area contributed by atoms with Crippen LogP contribution in [0.1, 0.15) is 132 Å². The molecule has 11 heterocycles. The molecule has 0 unspecified atom stereocenters. The van der Waals surface area contributed by atoms with Crippen molar-refractivity contribution in [2.75, 3.05) is 72.9 Å². The van der Waals surface area contributed by atoms with E-state index in [0.29, 0.717) is 96.6 Å². The highest BCUT2D eigenvalue weighted by Crippen LogP contribution is 2.53. The predicted molar refractivity (Wildman–Crippen MR) is 290 cm³/mol. The Morgan fingerprint density at radius 3 is 2.44 bits per heavy atom. The van der Waals surface area contributed by atoms with E-state index in [1.165, 1.54) is 29.7 Å². The molecule has 15 rings (SSSR count). The van der Waals surface area contributed by atoms with Crippen molar-refractivity contribution in [3.8, 4) is 22.5 Å². The first-order valence-corrected chi connectivity index (χ1v) is 29.9. The minimum atomic E-state index is -1.04. The van der Waals surface area contributed by atoms with E-state index in [2.05, 4.69) is 81.7 Å². The number of amides is 2. The van der Waals surface area contributed by atoms with E-state index in [-0.39, 0.29) is 54.7 Å². The molecule has 1 aromatic carbocycles. The molecule has 18 heteroatoms. The Morgan fingerprint density at radius 2 is 1.71 bits per heavy atom. The van der Waals surface area contributed by atoms with Crippen molar-refractivity contribution in [1.82, 2.24) is 40.1 Å². The number of aromatic nitrogens is 3. The number of piperidine rings is 1. The molecule has 3 aliphatic carbocycles. The number of nitrogens with zero attached hydrogens (tertiary/aromatic N) is 6. The minimum absolute atomic E-state index is 0.0160. The van der Waals surface area contributed by atoms with Crippen molar-refractivity contribution in [2.24, 2.45) is 17.3 Å². The Kier molecular flexibility index (Phi) is 14.1. The van der Waals surface area contributed by atoms with Gasteiger partial charge in [0, 0.05) is 91.1 Å². The molecule has 2 amide bonds. The smallest absolute Gasteiger partial charge is 0.325 e. The van der Waals surface area contributed by atoms with Crippen molar-refractivity contribution in [3.05, 3.63) is 57.7 Å². The summed E-state index contributed by atoms with van der Waals surface area (Å²) < 4.78 is 39.7. The zero-order valence-corrected chi connectivity index (χ0v) is 46.5. The fourth-order valence-corrected chi connectivity index (χ4v) is 15.2. The molecule has 414 valence electrons. The van der Waals surface area contributed by atoms with E-state index in [1.807, 2.05) is 6.92 Å². The van der Waals surface area contributed by atoms with Crippen LogP contribution >= 0.6 is 11.3 Å². The number of nitrogens with one attached hydrogen (secondary N) is 2. The zero-order valence-electron chi connectivity index (χ0n) is 45.6. The summed E-state index contributed by atoms with van der Waals surface area (Å²) in [6.45, 7) is 15.4. The number of esters is 1. The Bertz CT molecular complexity index is 2850. The van der Waals surface area contributed by atoms with Crippen LogP contribution in [-0.2, 0) is 55.8 Å². The van der Waals surface area contributed by atoms with Crippen molar-refractivity contribution in [1.29, 1.82) is 0 Å². The van der Waals surface area contributed by atoms with Crippen LogP contribution in [0.3, 0.4) is 0 Å². The maximum absolute atomic E-state index is 15.5. The summed E-state index contributed by atoms with van der Waals surface area (Å²) in [6, 6.07) is 7.31. The quantitative estimate of drug-likeness (QED) is 0.138. The Balaban J connectivity index is 0.957. The number of methoxy groups -OCH3 is 1. The third-order valence-electron chi connectivity index (χ3n) is 19.1. The number of carbonyl (C=O) groups excluding carboxylic acids is 3. The van der Waals surface area contributed by atoms with Crippen molar-refractivity contribution in [3.63, 3.8) is 0 Å². The van der Waals surface area contributed by atoms with Crippen LogP contribution in [0.5, 0.6) is 0 Å². The summed E-state index contributed by atoms with van der Waals surface area (Å²) in [4.78, 5) is 60.6. The Hall–Kier alpha value is -4.37. The van der Waals surface area contributed by atoms with Crippen molar-refractivity contribution in [2.45, 2.75) is 165 Å². The molecular formula is C59H78N8O9S. The molecular weight excluding hydrogens is 997 g/mol. The lowest BCUT2D eigenvalue weighted by Gasteiger charge is -2.53. The molecule has 0 radical (unpaired) electrons. The maximum atomic E-state index is 15.5. The minimum Gasteiger partial charge on any atom is -0.464 e. The van der Waals surface area contributed by atoms with Gasteiger partial charge in [0.15, 0.2) is 0 Å². The molecule has 11 aliphatic rings. The number of likely N-dealkylation sites (tertiary alicyclic amines) is 1. The van der Waals surface area contributed by atoms with Crippen molar-refractivity contribution >= 4 is 40.0 Å². The van der Waals surface area contributed by atoms with Gasteiger partial charge in [-0.1, -0.05) is 19.9 Å². The molecule has 2 N–H and O–H groups in total. The number of ether oxygens (including phenoxy) is 6. The number of morpholine rings is 1. The van der Waals surface area contributed by atoms with Gasteiger partial charge in [-0.2, -0.15) is 0 Å². The molecule has 7 saturated heterocycles. The maximum Gasteiger partial charge on any atom is 0.325 e. The molecule has 8 aliphatic heterocycles. The number of pyridine rings is 1. The summed E-state index contributed by atoms with van der Waals surface area (Å²) in [5, 5.41) is 8.85. The molecule has 5 atom stereocenters. The largest absolute Gasteiger partial charge is 0.464 e. The molecule has 10 fully saturated rings. The third-order valence-corrected chi connectivity index (χ3v) is 20.0. The highest BCUT2D eigenvalue weighted by atomic mass is 32.1. The number of benzene rings is 1. The first kappa shape index (κ1) is 52.0. The van der Waals surface area contributed by atoms with Gasteiger partial charge in [0.2, 0.25) is 0 Å². The number of cyclic esters (lactones) is 1. The van der Waals surface area contributed by atoms with Crippen LogP contribution in [-0.4, -0.2) is 162 Å². The van der Waals surface area contributed by atoms with Gasteiger partial charge in [-0.15, -0.1) is 11.3 Å². The van der Waals surface area contributed by atoms with Gasteiger partial charge in [0.05, 0.1) is 67.9 Å². The van der Waals surface area contributed by atoms with E-state index in [0.717, 1.165) is 94.5 Å². The van der Waals surface area contributed by atoms with Crippen LogP contribution in [0.15, 0.2) is 35.8 Å². The Morgan fingerprint density at radius 1 is 0.948 bits per heavy atom.